The maximum Gasteiger partial charge on any atom is 0.407 e. The Hall–Kier alpha value is -5.23. The van der Waals surface area contributed by atoms with Gasteiger partial charge in [0.1, 0.15) is 43.9 Å². The molecule has 2 amide bonds. The van der Waals surface area contributed by atoms with Crippen LogP contribution in [0.1, 0.15) is 51.2 Å². The lowest BCUT2D eigenvalue weighted by Crippen LogP contribution is -2.70. The molecule has 3 aromatic rings. The number of nitro groups is 1. The number of amides is 2. The summed E-state index contributed by atoms with van der Waals surface area (Å²) in [6.07, 6.45) is -6.76. The minimum absolute atomic E-state index is 0.0444. The Morgan fingerprint density at radius 3 is 2.12 bits per heavy atom. The normalized spacial score (nSPS) is 32.8. The van der Waals surface area contributed by atoms with E-state index in [1.165, 1.54) is 36.4 Å². The second-order valence-corrected chi connectivity index (χ2v) is 18.6. The van der Waals surface area contributed by atoms with Crippen molar-refractivity contribution in [3.8, 4) is 17.2 Å². The Morgan fingerprint density at radius 2 is 1.48 bits per heavy atom. The van der Waals surface area contributed by atoms with E-state index in [1.807, 2.05) is 0 Å². The molecule has 5 aliphatic rings. The number of nitro benzene ring substituents is 1. The van der Waals surface area contributed by atoms with Crippen LogP contribution in [-0.2, 0) is 54.0 Å². The molecule has 4 heterocycles. The summed E-state index contributed by atoms with van der Waals surface area (Å²) < 4.78 is 58.2. The number of esters is 1. The van der Waals surface area contributed by atoms with Crippen molar-refractivity contribution >= 4 is 41.4 Å². The van der Waals surface area contributed by atoms with Gasteiger partial charge in [0.05, 0.1) is 61.8 Å². The molecular formula is C46H56BN2O18-. The molecule has 1 aliphatic carbocycles. The minimum atomic E-state index is -3.39. The summed E-state index contributed by atoms with van der Waals surface area (Å²) in [6, 6.07) is 14.9. The highest BCUT2D eigenvalue weighted by Crippen LogP contribution is 2.59. The van der Waals surface area contributed by atoms with Crippen LogP contribution in [0.2, 0.25) is 0 Å². The van der Waals surface area contributed by atoms with Crippen LogP contribution in [0.25, 0.3) is 0 Å². The fourth-order valence-electron chi connectivity index (χ4n) is 10.1. The van der Waals surface area contributed by atoms with Gasteiger partial charge in [0.15, 0.2) is 11.5 Å². The third kappa shape index (κ3) is 9.88. The largest absolute Gasteiger partial charge is 0.555 e. The zero-order valence-corrected chi connectivity index (χ0v) is 37.8. The lowest BCUT2D eigenvalue weighted by molar-refractivity contribution is -0.384. The topological polar surface area (TPSA) is 251 Å². The van der Waals surface area contributed by atoms with Gasteiger partial charge in [0, 0.05) is 35.1 Å². The first-order valence-corrected chi connectivity index (χ1v) is 22.3. The molecule has 0 radical (unpaired) electrons. The number of hydrogen-bond acceptors (Lipinski definition) is 18. The number of aliphatic hydroxyl groups is 2. The van der Waals surface area contributed by atoms with Crippen LogP contribution in [0.15, 0.2) is 60.7 Å². The number of imide groups is 1. The number of ether oxygens (including phenoxy) is 8. The molecule has 0 spiro atoms. The van der Waals surface area contributed by atoms with Gasteiger partial charge in [-0.3, -0.25) is 24.5 Å². The van der Waals surface area contributed by atoms with Gasteiger partial charge in [-0.2, -0.15) is 0 Å². The molecule has 20 nitrogen and oxygen atoms in total. The highest BCUT2D eigenvalue weighted by molar-refractivity contribution is 6.74. The highest BCUT2D eigenvalue weighted by Gasteiger charge is 2.64. The molecule has 8 rings (SSSR count). The Balaban J connectivity index is 0.960. The predicted octanol–water partition coefficient (Wildman–Crippen LogP) is 2.62. The second kappa shape index (κ2) is 19.4. The number of hydrogen-bond donors (Lipinski definition) is 3. The minimum Gasteiger partial charge on any atom is -0.555 e. The smallest absolute Gasteiger partial charge is 0.407 e. The Morgan fingerprint density at radius 1 is 0.851 bits per heavy atom. The van der Waals surface area contributed by atoms with Gasteiger partial charge in [0.2, 0.25) is 18.1 Å². The fourth-order valence-corrected chi connectivity index (χ4v) is 10.1. The van der Waals surface area contributed by atoms with Crippen molar-refractivity contribution in [2.24, 2.45) is 16.2 Å². The molecule has 2 bridgehead atoms. The number of piperidine rings is 1. The van der Waals surface area contributed by atoms with E-state index in [0.717, 1.165) is 4.90 Å². The Kier molecular flexibility index (Phi) is 14.0. The van der Waals surface area contributed by atoms with Crippen molar-refractivity contribution in [3.05, 3.63) is 81.9 Å². The molecule has 67 heavy (non-hydrogen) atoms. The number of benzene rings is 3. The standard InChI is InChI=1S/C46H56BN2O18/c1-28-8-9-30(47(55)64-24-35-39(67-47)36(50)37(51)40(66-35)65-32-12-10-31(11-13-32)49(56)57)22-33(28)48-41(52)44(2)25-45(3,42(48)53)27-46(4,26-44)43(54)63-23-29-6-5-7-34-38(29)62-21-19-60-17-15-58-14-16-59-18-20-61-34/h5-13,22,35-37,39-40,50-51,55H,14-21,23-27H2,1-4H3/q-1/t35-,36-,37-,39-,40-,44-,45+,46?,47?/m1/s1. The van der Waals surface area contributed by atoms with Crippen molar-refractivity contribution in [2.75, 3.05) is 64.4 Å². The Labute approximate surface area is 386 Å². The van der Waals surface area contributed by atoms with Gasteiger partial charge in [-0.05, 0) is 56.9 Å². The first-order chi connectivity index (χ1) is 31.9. The van der Waals surface area contributed by atoms with E-state index in [2.05, 4.69) is 0 Å². The van der Waals surface area contributed by atoms with Crippen LogP contribution in [-0.4, -0.2) is 135 Å². The van der Waals surface area contributed by atoms with Crippen LogP contribution in [0.3, 0.4) is 0 Å². The molecule has 362 valence electrons. The number of nitrogens with zero attached hydrogens (tertiary/aromatic N) is 2. The number of non-ortho nitro benzene ring substituents is 1. The van der Waals surface area contributed by atoms with Crippen molar-refractivity contribution in [2.45, 2.75) is 84.3 Å². The quantitative estimate of drug-likeness (QED) is 0.0965. The summed E-state index contributed by atoms with van der Waals surface area (Å²) in [5.41, 5.74) is -2.54. The molecule has 4 aliphatic heterocycles. The van der Waals surface area contributed by atoms with Crippen LogP contribution >= 0.6 is 0 Å². The van der Waals surface area contributed by atoms with E-state index < -0.39 is 76.4 Å². The number of carbonyl (C=O) groups is 3. The predicted molar refractivity (Wildman–Crippen MR) is 234 cm³/mol. The van der Waals surface area contributed by atoms with E-state index in [9.17, 15) is 39.7 Å². The molecule has 3 saturated heterocycles. The summed E-state index contributed by atoms with van der Waals surface area (Å²) in [6.45, 7) is 5.71. The Bertz CT molecular complexity index is 2300. The van der Waals surface area contributed by atoms with Gasteiger partial charge in [-0.15, -0.1) is 5.46 Å². The van der Waals surface area contributed by atoms with E-state index in [1.54, 1.807) is 52.0 Å². The van der Waals surface area contributed by atoms with Crippen LogP contribution < -0.4 is 24.6 Å². The highest BCUT2D eigenvalue weighted by atomic mass is 16.8. The average molecular weight is 936 g/mol. The molecule has 9 atom stereocenters. The summed E-state index contributed by atoms with van der Waals surface area (Å²) in [5.74, 6) is -0.689. The van der Waals surface area contributed by atoms with Crippen molar-refractivity contribution in [3.63, 3.8) is 0 Å². The summed E-state index contributed by atoms with van der Waals surface area (Å²) in [7, 11) is 0. The lowest BCUT2D eigenvalue weighted by atomic mass is 9.51. The first kappa shape index (κ1) is 48.2. The zero-order chi connectivity index (χ0) is 47.7. The van der Waals surface area contributed by atoms with E-state index in [0.29, 0.717) is 55.7 Å². The van der Waals surface area contributed by atoms with E-state index in [4.69, 9.17) is 47.2 Å². The van der Waals surface area contributed by atoms with Crippen molar-refractivity contribution in [1.29, 1.82) is 0 Å². The van der Waals surface area contributed by atoms with E-state index in [-0.39, 0.29) is 74.9 Å². The first-order valence-electron chi connectivity index (χ1n) is 22.3. The van der Waals surface area contributed by atoms with E-state index >= 15 is 0 Å². The molecular weight excluding hydrogens is 879 g/mol. The number of rotatable bonds is 8. The van der Waals surface area contributed by atoms with Gasteiger partial charge < -0.3 is 62.4 Å². The maximum atomic E-state index is 14.7. The lowest BCUT2D eigenvalue weighted by Gasteiger charge is -2.56. The molecule has 3 aromatic carbocycles. The third-order valence-corrected chi connectivity index (χ3v) is 13.1. The zero-order valence-electron chi connectivity index (χ0n) is 37.8. The third-order valence-electron chi connectivity index (χ3n) is 13.1. The van der Waals surface area contributed by atoms with Crippen molar-refractivity contribution in [1.82, 2.24) is 0 Å². The maximum absolute atomic E-state index is 14.7. The average Bonchev–Trinajstić information content (AvgIpc) is 3.30. The monoisotopic (exact) mass is 935 g/mol. The summed E-state index contributed by atoms with van der Waals surface area (Å²) >= 11 is 0. The number of anilines is 1. The van der Waals surface area contributed by atoms with Crippen molar-refractivity contribution < 1.29 is 81.7 Å². The fraction of sp³-hybridized carbons (Fsp3) is 0.543. The molecule has 1 saturated carbocycles. The number of carbonyl (C=O) groups excluding carboxylic acids is 3. The van der Waals surface area contributed by atoms with Gasteiger partial charge in [-0.1, -0.05) is 44.2 Å². The SMILES string of the molecule is Cc1ccc([B-]2(O)OC[C@H]3O[C@@H](Oc4ccc([N+](=O)[O-])cc4)[C@H](O)[C@@H](O)[C@@H]3O2)cc1N1C(=O)[C@@]2(C)CC(C)(C(=O)OCc3cccc4c3OCCOCCOCCOCCO4)C[C@](C)(C2)C1=O. The molecule has 21 heteroatoms. The summed E-state index contributed by atoms with van der Waals surface area (Å²) in [4.78, 5) is 55.3. The number of aryl methyl sites for hydroxylation is 1. The molecule has 2 unspecified atom stereocenters. The summed E-state index contributed by atoms with van der Waals surface area (Å²) in [5, 5.41) is 45.2. The number of aliphatic hydroxyl groups excluding tert-OH is 2. The molecule has 0 aromatic heterocycles. The van der Waals surface area contributed by atoms with Crippen LogP contribution in [0, 0.1) is 33.3 Å². The van der Waals surface area contributed by atoms with Gasteiger partial charge in [0.25, 0.3) is 5.69 Å². The van der Waals surface area contributed by atoms with Gasteiger partial charge >= 0.3 is 12.7 Å². The van der Waals surface area contributed by atoms with Crippen LogP contribution in [0.5, 0.6) is 17.2 Å². The molecule has 4 fully saturated rings. The van der Waals surface area contributed by atoms with Gasteiger partial charge in [-0.25, -0.2) is 4.90 Å². The van der Waals surface area contributed by atoms with Crippen LogP contribution in [0.4, 0.5) is 11.4 Å². The second-order valence-electron chi connectivity index (χ2n) is 18.6. The molecule has 3 N–H and O–H groups in total. The number of fused-ring (bicyclic) bond motifs is 4. The number of para-hydroxylation sites is 1.